The molecule has 0 aliphatic carbocycles. The van der Waals surface area contributed by atoms with Gasteiger partial charge in [0.25, 0.3) is 0 Å². The van der Waals surface area contributed by atoms with Gasteiger partial charge < -0.3 is 15.2 Å². The van der Waals surface area contributed by atoms with E-state index in [2.05, 4.69) is 5.32 Å². The van der Waals surface area contributed by atoms with Crippen LogP contribution in [0, 0.1) is 13.8 Å². The van der Waals surface area contributed by atoms with E-state index in [1.807, 2.05) is 32.0 Å². The van der Waals surface area contributed by atoms with E-state index in [0.717, 1.165) is 11.1 Å². The molecule has 6 nitrogen and oxygen atoms in total. The van der Waals surface area contributed by atoms with Crippen LogP contribution in [-0.4, -0.2) is 29.7 Å². The molecule has 2 N–H and O–H groups in total. The number of ketones is 2. The Labute approximate surface area is 158 Å². The first-order chi connectivity index (χ1) is 12.8. The van der Waals surface area contributed by atoms with Crippen LogP contribution in [0.2, 0.25) is 0 Å². The fourth-order valence-electron chi connectivity index (χ4n) is 2.52. The van der Waals surface area contributed by atoms with Crippen molar-refractivity contribution >= 4 is 23.2 Å². The third kappa shape index (κ3) is 5.67. The molecule has 2 aromatic rings. The van der Waals surface area contributed by atoms with E-state index in [-0.39, 0.29) is 53.8 Å². The molecule has 0 saturated heterocycles. The average Bonchev–Trinajstić information content (AvgIpc) is 2.63. The van der Waals surface area contributed by atoms with Crippen LogP contribution in [0.1, 0.15) is 40.7 Å². The molecular formula is C21H23NO5. The van der Waals surface area contributed by atoms with Gasteiger partial charge in [0.2, 0.25) is 5.91 Å². The van der Waals surface area contributed by atoms with Crippen LogP contribution in [0.3, 0.4) is 0 Å². The molecule has 0 aliphatic rings. The van der Waals surface area contributed by atoms with Crippen LogP contribution >= 0.6 is 0 Å². The van der Waals surface area contributed by atoms with Crippen molar-refractivity contribution in [1.82, 2.24) is 0 Å². The Morgan fingerprint density at radius 2 is 1.74 bits per heavy atom. The van der Waals surface area contributed by atoms with Gasteiger partial charge in [-0.25, -0.2) is 0 Å². The van der Waals surface area contributed by atoms with Gasteiger partial charge in [-0.1, -0.05) is 6.07 Å². The first-order valence-electron chi connectivity index (χ1n) is 8.59. The monoisotopic (exact) mass is 369 g/mol. The number of ether oxygens (including phenoxy) is 1. The standard InChI is InChI=1S/C21H23NO5/c1-13-4-6-16(10-14(13)2)22-21(26)9-7-17(23)12-19(25)15-5-8-18(24)20(11-15)27-3/h4-6,8,10-11,24H,7,9,12H2,1-3H3,(H,22,26). The van der Waals surface area contributed by atoms with E-state index in [1.54, 1.807) is 0 Å². The van der Waals surface area contributed by atoms with Crippen LogP contribution in [0.15, 0.2) is 36.4 Å². The van der Waals surface area contributed by atoms with Crippen molar-refractivity contribution in [3.05, 3.63) is 53.1 Å². The number of rotatable bonds is 8. The summed E-state index contributed by atoms with van der Waals surface area (Å²) in [5.41, 5.74) is 3.16. The van der Waals surface area contributed by atoms with Gasteiger partial charge in [-0.2, -0.15) is 0 Å². The minimum Gasteiger partial charge on any atom is -0.504 e. The molecule has 0 aliphatic heterocycles. The van der Waals surface area contributed by atoms with Crippen molar-refractivity contribution in [2.45, 2.75) is 33.1 Å². The Morgan fingerprint density at radius 3 is 2.41 bits per heavy atom. The first kappa shape index (κ1) is 20.2. The Kier molecular flexibility index (Phi) is 6.71. The molecule has 0 unspecified atom stereocenters. The van der Waals surface area contributed by atoms with Crippen LogP contribution < -0.4 is 10.1 Å². The van der Waals surface area contributed by atoms with Crippen LogP contribution in [0.25, 0.3) is 0 Å². The van der Waals surface area contributed by atoms with Gasteiger partial charge in [0.05, 0.1) is 13.5 Å². The molecule has 0 saturated carbocycles. The average molecular weight is 369 g/mol. The second kappa shape index (κ2) is 8.98. The van der Waals surface area contributed by atoms with Crippen LogP contribution in [0.4, 0.5) is 5.69 Å². The molecular weight excluding hydrogens is 346 g/mol. The normalized spacial score (nSPS) is 10.3. The van der Waals surface area contributed by atoms with E-state index in [4.69, 9.17) is 4.74 Å². The molecule has 0 fully saturated rings. The highest BCUT2D eigenvalue weighted by Crippen LogP contribution is 2.26. The number of aromatic hydroxyl groups is 1. The highest BCUT2D eigenvalue weighted by molar-refractivity contribution is 6.09. The lowest BCUT2D eigenvalue weighted by Gasteiger charge is -2.08. The Bertz CT molecular complexity index is 873. The Hall–Kier alpha value is -3.15. The molecule has 0 spiro atoms. The largest absolute Gasteiger partial charge is 0.504 e. The molecule has 6 heteroatoms. The highest BCUT2D eigenvalue weighted by atomic mass is 16.5. The lowest BCUT2D eigenvalue weighted by atomic mass is 10.0. The summed E-state index contributed by atoms with van der Waals surface area (Å²) in [5.74, 6) is -0.884. The molecule has 27 heavy (non-hydrogen) atoms. The van der Waals surface area contributed by atoms with Crippen molar-refractivity contribution in [3.8, 4) is 11.5 Å². The predicted molar refractivity (Wildman–Crippen MR) is 102 cm³/mol. The van der Waals surface area contributed by atoms with Crippen molar-refractivity contribution < 1.29 is 24.2 Å². The summed E-state index contributed by atoms with van der Waals surface area (Å²) in [4.78, 5) is 36.2. The van der Waals surface area contributed by atoms with E-state index in [9.17, 15) is 19.5 Å². The van der Waals surface area contributed by atoms with Crippen LogP contribution in [0.5, 0.6) is 11.5 Å². The van der Waals surface area contributed by atoms with Gasteiger partial charge in [0.15, 0.2) is 17.3 Å². The fraction of sp³-hybridized carbons (Fsp3) is 0.286. The minimum absolute atomic E-state index is 0.0118. The van der Waals surface area contributed by atoms with Gasteiger partial charge in [-0.15, -0.1) is 0 Å². The number of carbonyl (C=O) groups is 3. The number of carbonyl (C=O) groups excluding carboxylic acids is 3. The van der Waals surface area contributed by atoms with E-state index < -0.39 is 0 Å². The lowest BCUT2D eigenvalue weighted by molar-refractivity contribution is -0.122. The van der Waals surface area contributed by atoms with E-state index >= 15 is 0 Å². The van der Waals surface area contributed by atoms with Crippen molar-refractivity contribution in [2.24, 2.45) is 0 Å². The minimum atomic E-state index is -0.382. The quantitative estimate of drug-likeness (QED) is 0.548. The van der Waals surface area contributed by atoms with Gasteiger partial charge >= 0.3 is 0 Å². The maximum atomic E-state index is 12.2. The number of nitrogens with one attached hydrogen (secondary N) is 1. The van der Waals surface area contributed by atoms with E-state index in [0.29, 0.717) is 5.69 Å². The third-order valence-corrected chi connectivity index (χ3v) is 4.28. The summed E-state index contributed by atoms with van der Waals surface area (Å²) < 4.78 is 4.95. The maximum Gasteiger partial charge on any atom is 0.224 e. The number of phenolic OH excluding ortho intramolecular Hbond substituents is 1. The summed E-state index contributed by atoms with van der Waals surface area (Å²) in [7, 11) is 1.38. The van der Waals surface area contributed by atoms with Crippen molar-refractivity contribution in [3.63, 3.8) is 0 Å². The molecule has 0 atom stereocenters. The fourth-order valence-corrected chi connectivity index (χ4v) is 2.52. The Morgan fingerprint density at radius 1 is 1.00 bits per heavy atom. The summed E-state index contributed by atoms with van der Waals surface area (Å²) in [6.07, 6.45) is -0.305. The molecule has 0 heterocycles. The number of benzene rings is 2. The molecule has 2 rings (SSSR count). The Balaban J connectivity index is 1.85. The summed E-state index contributed by atoms with van der Waals surface area (Å²) in [6, 6.07) is 9.76. The predicted octanol–water partition coefficient (Wildman–Crippen LogP) is 3.58. The summed E-state index contributed by atoms with van der Waals surface area (Å²) in [6.45, 7) is 3.94. The van der Waals surface area contributed by atoms with Gasteiger partial charge in [0, 0.05) is 24.1 Å². The molecule has 0 bridgehead atoms. The number of phenols is 1. The van der Waals surface area contributed by atoms with Crippen molar-refractivity contribution in [1.29, 1.82) is 0 Å². The number of methoxy groups -OCH3 is 1. The van der Waals surface area contributed by atoms with Crippen LogP contribution in [-0.2, 0) is 9.59 Å². The number of Topliss-reactive ketones (excluding diaryl/α,β-unsaturated/α-hetero) is 2. The van der Waals surface area contributed by atoms with Gasteiger partial charge in [-0.05, 0) is 55.3 Å². The molecule has 0 radical (unpaired) electrons. The number of aryl methyl sites for hydroxylation is 2. The second-order valence-corrected chi connectivity index (χ2v) is 6.37. The number of anilines is 1. The smallest absolute Gasteiger partial charge is 0.224 e. The summed E-state index contributed by atoms with van der Waals surface area (Å²) in [5, 5.41) is 12.3. The molecule has 2 aromatic carbocycles. The molecule has 0 aromatic heterocycles. The number of amides is 1. The summed E-state index contributed by atoms with van der Waals surface area (Å²) >= 11 is 0. The topological polar surface area (TPSA) is 92.7 Å². The third-order valence-electron chi connectivity index (χ3n) is 4.28. The van der Waals surface area contributed by atoms with Crippen molar-refractivity contribution in [2.75, 3.05) is 12.4 Å². The van der Waals surface area contributed by atoms with Gasteiger partial charge in [0.1, 0.15) is 5.78 Å². The first-order valence-corrected chi connectivity index (χ1v) is 8.59. The second-order valence-electron chi connectivity index (χ2n) is 6.37. The number of hydrogen-bond acceptors (Lipinski definition) is 5. The molecule has 1 amide bonds. The molecule has 142 valence electrons. The zero-order chi connectivity index (χ0) is 20.0. The number of hydrogen-bond donors (Lipinski definition) is 2. The maximum absolute atomic E-state index is 12.2. The zero-order valence-corrected chi connectivity index (χ0v) is 15.7. The van der Waals surface area contributed by atoms with E-state index in [1.165, 1.54) is 25.3 Å². The SMILES string of the molecule is COc1cc(C(=O)CC(=O)CCC(=O)Nc2ccc(C)c(C)c2)ccc1O. The lowest BCUT2D eigenvalue weighted by Crippen LogP contribution is -2.15. The highest BCUT2D eigenvalue weighted by Gasteiger charge is 2.15. The van der Waals surface area contributed by atoms with Gasteiger partial charge in [-0.3, -0.25) is 14.4 Å². The zero-order valence-electron chi connectivity index (χ0n) is 15.7.